The van der Waals surface area contributed by atoms with Crippen LogP contribution in [-0.2, 0) is 5.41 Å². The van der Waals surface area contributed by atoms with Crippen molar-refractivity contribution in [2.75, 3.05) is 6.61 Å². The predicted octanol–water partition coefficient (Wildman–Crippen LogP) is 6.96. The van der Waals surface area contributed by atoms with Crippen LogP contribution in [-0.4, -0.2) is 6.61 Å². The summed E-state index contributed by atoms with van der Waals surface area (Å²) in [5.41, 5.74) is 3.34. The Balaban J connectivity index is 2.13. The number of ether oxygens (including phenoxy) is 1. The van der Waals surface area contributed by atoms with Gasteiger partial charge in [0.05, 0.1) is 6.61 Å². The lowest BCUT2D eigenvalue weighted by Crippen LogP contribution is -2.29. The second-order valence-electron chi connectivity index (χ2n) is 7.48. The van der Waals surface area contributed by atoms with Gasteiger partial charge in [-0.05, 0) is 55.2 Å². The van der Waals surface area contributed by atoms with E-state index in [0.717, 1.165) is 18.8 Å². The predicted molar refractivity (Wildman–Crippen MR) is 100 cm³/mol. The van der Waals surface area contributed by atoms with Crippen molar-refractivity contribution in [2.24, 2.45) is 0 Å². The molecule has 1 heteroatoms. The van der Waals surface area contributed by atoms with Crippen LogP contribution in [0.2, 0.25) is 0 Å². The molecule has 0 aliphatic heterocycles. The van der Waals surface area contributed by atoms with E-state index >= 15 is 0 Å². The highest BCUT2D eigenvalue weighted by atomic mass is 16.5. The zero-order valence-electron chi connectivity index (χ0n) is 15.6. The maximum absolute atomic E-state index is 5.95. The summed E-state index contributed by atoms with van der Waals surface area (Å²) in [5.74, 6) is 1.08. The first-order chi connectivity index (χ1) is 11.2. The molecule has 1 aliphatic rings. The second kappa shape index (κ2) is 9.35. The van der Waals surface area contributed by atoms with E-state index in [2.05, 4.69) is 39.0 Å². The van der Waals surface area contributed by atoms with Gasteiger partial charge in [-0.1, -0.05) is 70.9 Å². The van der Waals surface area contributed by atoms with Crippen molar-refractivity contribution >= 4 is 0 Å². The van der Waals surface area contributed by atoms with Gasteiger partial charge in [-0.2, -0.15) is 0 Å². The molecule has 2 rings (SSSR count). The van der Waals surface area contributed by atoms with Crippen LogP contribution in [0.25, 0.3) is 0 Å². The summed E-state index contributed by atoms with van der Waals surface area (Å²) < 4.78 is 5.95. The van der Waals surface area contributed by atoms with Crippen LogP contribution >= 0.6 is 0 Å². The Kier molecular flexibility index (Phi) is 7.46. The van der Waals surface area contributed by atoms with Crippen molar-refractivity contribution in [3.63, 3.8) is 0 Å². The van der Waals surface area contributed by atoms with E-state index in [-0.39, 0.29) is 0 Å². The fourth-order valence-corrected chi connectivity index (χ4v) is 4.09. The van der Waals surface area contributed by atoms with Crippen molar-refractivity contribution in [3.05, 3.63) is 29.3 Å². The molecule has 0 N–H and O–H groups in total. The van der Waals surface area contributed by atoms with E-state index in [1.54, 1.807) is 5.56 Å². The lowest BCUT2D eigenvalue weighted by molar-refractivity contribution is 0.265. The van der Waals surface area contributed by atoms with Crippen LogP contribution in [0.1, 0.15) is 95.6 Å². The van der Waals surface area contributed by atoms with Crippen molar-refractivity contribution in [2.45, 2.75) is 96.8 Å². The quantitative estimate of drug-likeness (QED) is 0.448. The third-order valence-corrected chi connectivity index (χ3v) is 5.61. The van der Waals surface area contributed by atoms with E-state index < -0.39 is 0 Å². The molecule has 0 heterocycles. The van der Waals surface area contributed by atoms with E-state index in [1.165, 1.54) is 69.8 Å². The third kappa shape index (κ3) is 4.99. The van der Waals surface area contributed by atoms with Crippen LogP contribution in [0.4, 0.5) is 0 Å². The molecule has 0 saturated heterocycles. The fourth-order valence-electron chi connectivity index (χ4n) is 4.09. The summed E-state index contributed by atoms with van der Waals surface area (Å²) in [4.78, 5) is 0. The number of hydrogen-bond donors (Lipinski definition) is 0. The highest BCUT2D eigenvalue weighted by Crippen LogP contribution is 2.44. The van der Waals surface area contributed by atoms with Crippen LogP contribution in [0.15, 0.2) is 18.2 Å². The molecule has 0 atom stereocenters. The molecule has 0 bridgehead atoms. The van der Waals surface area contributed by atoms with Gasteiger partial charge in [0.2, 0.25) is 0 Å². The Hall–Kier alpha value is -0.980. The smallest absolute Gasteiger partial charge is 0.122 e. The Morgan fingerprint density at radius 3 is 2.35 bits per heavy atom. The number of hydrogen-bond acceptors (Lipinski definition) is 1. The van der Waals surface area contributed by atoms with E-state index in [9.17, 15) is 0 Å². The van der Waals surface area contributed by atoms with Gasteiger partial charge >= 0.3 is 0 Å². The lowest BCUT2D eigenvalue weighted by atomic mass is 9.66. The highest BCUT2D eigenvalue weighted by molar-refractivity contribution is 5.39. The molecule has 1 fully saturated rings. The molecular weight excluding hydrogens is 280 g/mol. The molecule has 1 aromatic rings. The summed E-state index contributed by atoms with van der Waals surface area (Å²) in [7, 11) is 0. The van der Waals surface area contributed by atoms with E-state index in [0.29, 0.717) is 5.41 Å². The molecule has 0 radical (unpaired) electrons. The average molecular weight is 317 g/mol. The van der Waals surface area contributed by atoms with Crippen molar-refractivity contribution in [1.82, 2.24) is 0 Å². The van der Waals surface area contributed by atoms with Crippen LogP contribution in [0.5, 0.6) is 5.75 Å². The number of rotatable bonds is 9. The first-order valence-corrected chi connectivity index (χ1v) is 9.96. The van der Waals surface area contributed by atoms with Gasteiger partial charge in [-0.3, -0.25) is 0 Å². The third-order valence-electron chi connectivity index (χ3n) is 5.61. The highest BCUT2D eigenvalue weighted by Gasteiger charge is 2.33. The van der Waals surface area contributed by atoms with Gasteiger partial charge < -0.3 is 4.74 Å². The van der Waals surface area contributed by atoms with Crippen LogP contribution < -0.4 is 4.74 Å². The second-order valence-corrected chi connectivity index (χ2v) is 7.48. The largest absolute Gasteiger partial charge is 0.493 e. The minimum atomic E-state index is 0.445. The summed E-state index contributed by atoms with van der Waals surface area (Å²) >= 11 is 0. The maximum Gasteiger partial charge on any atom is 0.122 e. The van der Waals surface area contributed by atoms with E-state index in [4.69, 9.17) is 4.74 Å². The fraction of sp³-hybridized carbons (Fsp3) is 0.727. The van der Waals surface area contributed by atoms with Crippen molar-refractivity contribution in [3.8, 4) is 5.75 Å². The van der Waals surface area contributed by atoms with Crippen molar-refractivity contribution < 1.29 is 4.74 Å². The minimum Gasteiger partial charge on any atom is -0.493 e. The molecule has 23 heavy (non-hydrogen) atoms. The molecule has 0 aromatic heterocycles. The summed E-state index contributed by atoms with van der Waals surface area (Å²) in [6, 6.07) is 7.03. The molecule has 1 saturated carbocycles. The van der Waals surface area contributed by atoms with Crippen molar-refractivity contribution in [1.29, 1.82) is 0 Å². The molecule has 0 amide bonds. The topological polar surface area (TPSA) is 9.23 Å². The Morgan fingerprint density at radius 2 is 1.70 bits per heavy atom. The first kappa shape index (κ1) is 18.4. The monoisotopic (exact) mass is 316 g/mol. The van der Waals surface area contributed by atoms with Gasteiger partial charge in [0.15, 0.2) is 0 Å². The zero-order valence-corrected chi connectivity index (χ0v) is 15.6. The summed E-state index contributed by atoms with van der Waals surface area (Å²) in [6.45, 7) is 7.58. The first-order valence-electron chi connectivity index (χ1n) is 9.96. The van der Waals surface area contributed by atoms with Crippen LogP contribution in [0.3, 0.4) is 0 Å². The molecule has 0 unspecified atom stereocenters. The van der Waals surface area contributed by atoms with Gasteiger partial charge in [0.25, 0.3) is 0 Å². The average Bonchev–Trinajstić information content (AvgIpc) is 2.57. The molecule has 130 valence electrons. The zero-order chi connectivity index (χ0) is 16.5. The van der Waals surface area contributed by atoms with Gasteiger partial charge in [-0.15, -0.1) is 0 Å². The summed E-state index contributed by atoms with van der Waals surface area (Å²) in [6.07, 6.45) is 14.8. The normalized spacial score (nSPS) is 17.2. The Labute approximate surface area is 143 Å². The molecule has 1 nitrogen and oxygen atoms in total. The molecule has 1 aliphatic carbocycles. The maximum atomic E-state index is 5.95. The van der Waals surface area contributed by atoms with Crippen LogP contribution in [0, 0.1) is 6.92 Å². The van der Waals surface area contributed by atoms with Gasteiger partial charge in [-0.25, -0.2) is 0 Å². The Morgan fingerprint density at radius 1 is 0.957 bits per heavy atom. The number of unbranched alkanes of at least 4 members (excludes halogenated alkanes) is 3. The minimum absolute atomic E-state index is 0.445. The van der Waals surface area contributed by atoms with Gasteiger partial charge in [0.1, 0.15) is 5.75 Å². The number of aryl methyl sites for hydroxylation is 1. The SMILES string of the molecule is CCCCCC1(c2ccc(OCCCC)c(C)c2)CCCCC1. The number of benzene rings is 1. The van der Waals surface area contributed by atoms with Gasteiger partial charge in [0, 0.05) is 0 Å². The molecular formula is C22H36O. The Bertz CT molecular complexity index is 457. The summed E-state index contributed by atoms with van der Waals surface area (Å²) in [5, 5.41) is 0. The standard InChI is InChI=1S/C22H36O/c1-4-6-9-14-22(15-10-8-11-16-22)20-12-13-21(19(3)18-20)23-17-7-5-2/h12-13,18H,4-11,14-17H2,1-3H3. The molecule has 1 aromatic carbocycles. The molecule has 0 spiro atoms. The lowest BCUT2D eigenvalue weighted by Gasteiger charge is -2.38. The van der Waals surface area contributed by atoms with E-state index in [1.807, 2.05) is 0 Å².